The lowest BCUT2D eigenvalue weighted by Crippen LogP contribution is -2.04. The number of para-hydroxylation sites is 1. The molecule has 0 spiro atoms. The number of carbonyl (C=O) groups is 1. The van der Waals surface area contributed by atoms with Gasteiger partial charge in [-0.1, -0.05) is 42.5 Å². The minimum atomic E-state index is -0.985. The second-order valence-corrected chi connectivity index (χ2v) is 6.20. The Hall–Kier alpha value is -3.60. The molecule has 0 amide bonds. The van der Waals surface area contributed by atoms with E-state index in [0.29, 0.717) is 33.3 Å². The van der Waals surface area contributed by atoms with Crippen molar-refractivity contribution in [1.29, 1.82) is 0 Å². The number of nitrogens with zero attached hydrogens (tertiary/aromatic N) is 2. The van der Waals surface area contributed by atoms with E-state index in [2.05, 4.69) is 9.97 Å². The molecule has 132 valence electrons. The highest BCUT2D eigenvalue weighted by molar-refractivity contribution is 6.05. The average Bonchev–Trinajstić information content (AvgIpc) is 2.68. The van der Waals surface area contributed by atoms with Gasteiger partial charge < -0.3 is 5.11 Å². The Bertz CT molecular complexity index is 1170. The van der Waals surface area contributed by atoms with Gasteiger partial charge in [-0.25, -0.2) is 14.8 Å². The first-order chi connectivity index (χ1) is 13.1. The Morgan fingerprint density at radius 3 is 2.37 bits per heavy atom. The van der Waals surface area contributed by atoms with Gasteiger partial charge in [0.1, 0.15) is 0 Å². The Morgan fingerprint density at radius 1 is 0.963 bits per heavy atom. The summed E-state index contributed by atoms with van der Waals surface area (Å²) in [5, 5.41) is 10.3. The molecule has 0 bridgehead atoms. The summed E-state index contributed by atoms with van der Waals surface area (Å²) >= 11 is 0. The van der Waals surface area contributed by atoms with Gasteiger partial charge in [-0.05, 0) is 36.2 Å². The lowest BCUT2D eigenvalue weighted by atomic mass is 9.96. The summed E-state index contributed by atoms with van der Waals surface area (Å²) in [5.74, 6) is -1.51. The number of hydrogen-bond donors (Lipinski definition) is 1. The van der Waals surface area contributed by atoms with Crippen LogP contribution in [0, 0.1) is 12.9 Å². The number of hydrogen-bond acceptors (Lipinski definition) is 3. The van der Waals surface area contributed by atoms with Crippen molar-refractivity contribution in [3.63, 3.8) is 0 Å². The predicted molar refractivity (Wildman–Crippen MR) is 102 cm³/mol. The number of aromatic nitrogens is 2. The molecule has 0 fully saturated rings. The van der Waals surface area contributed by atoms with Crippen molar-refractivity contribution < 1.29 is 14.3 Å². The van der Waals surface area contributed by atoms with Crippen LogP contribution in [0.15, 0.2) is 66.9 Å². The van der Waals surface area contributed by atoms with E-state index in [1.54, 1.807) is 49.4 Å². The number of aromatic carboxylic acids is 1. The van der Waals surface area contributed by atoms with E-state index < -0.39 is 11.9 Å². The highest BCUT2D eigenvalue weighted by Crippen LogP contribution is 2.31. The van der Waals surface area contributed by atoms with Crippen molar-refractivity contribution in [3.8, 4) is 22.4 Å². The quantitative estimate of drug-likeness (QED) is 0.517. The highest BCUT2D eigenvalue weighted by Gasteiger charge is 2.18. The molecule has 0 atom stereocenters. The van der Waals surface area contributed by atoms with Crippen LogP contribution in [0.1, 0.15) is 15.9 Å². The molecule has 2 heterocycles. The van der Waals surface area contributed by atoms with E-state index in [-0.39, 0.29) is 5.56 Å². The Kier molecular flexibility index (Phi) is 4.12. The highest BCUT2D eigenvalue weighted by atomic mass is 19.1. The monoisotopic (exact) mass is 358 g/mol. The number of rotatable bonds is 3. The van der Waals surface area contributed by atoms with Gasteiger partial charge >= 0.3 is 5.97 Å². The Labute approximate surface area is 155 Å². The molecule has 0 saturated carbocycles. The molecule has 4 nitrogen and oxygen atoms in total. The first-order valence-corrected chi connectivity index (χ1v) is 8.40. The second-order valence-electron chi connectivity index (χ2n) is 6.20. The van der Waals surface area contributed by atoms with E-state index in [0.717, 1.165) is 5.56 Å². The van der Waals surface area contributed by atoms with Crippen LogP contribution in [0.5, 0.6) is 0 Å². The summed E-state index contributed by atoms with van der Waals surface area (Å²) in [6.45, 7) is 1.76. The summed E-state index contributed by atoms with van der Waals surface area (Å²) in [5.41, 5.74) is 3.95. The van der Waals surface area contributed by atoms with E-state index in [4.69, 9.17) is 0 Å². The van der Waals surface area contributed by atoms with Crippen molar-refractivity contribution >= 4 is 16.9 Å². The zero-order valence-corrected chi connectivity index (χ0v) is 14.5. The minimum Gasteiger partial charge on any atom is -0.478 e. The summed E-state index contributed by atoms with van der Waals surface area (Å²) in [6.07, 6.45) is 1.41. The third-order valence-corrected chi connectivity index (χ3v) is 4.58. The fourth-order valence-electron chi connectivity index (χ4n) is 3.27. The smallest absolute Gasteiger partial charge is 0.336 e. The first kappa shape index (κ1) is 16.8. The molecule has 0 aliphatic rings. The normalized spacial score (nSPS) is 10.9. The fraction of sp³-hybridized carbons (Fsp3) is 0.0455. The summed E-state index contributed by atoms with van der Waals surface area (Å²) in [6, 6.07) is 17.7. The molecule has 0 saturated heterocycles. The maximum Gasteiger partial charge on any atom is 0.336 e. The van der Waals surface area contributed by atoms with E-state index >= 15 is 0 Å². The maximum atomic E-state index is 13.9. The summed E-state index contributed by atoms with van der Waals surface area (Å²) in [4.78, 5) is 20.1. The van der Waals surface area contributed by atoms with Crippen molar-refractivity contribution in [2.75, 3.05) is 0 Å². The number of fused-ring (bicyclic) bond motifs is 1. The largest absolute Gasteiger partial charge is 0.478 e. The van der Waals surface area contributed by atoms with Gasteiger partial charge in [0.2, 0.25) is 5.95 Å². The molecular weight excluding hydrogens is 343 g/mol. The van der Waals surface area contributed by atoms with Crippen LogP contribution in [0.4, 0.5) is 4.39 Å². The van der Waals surface area contributed by atoms with Gasteiger partial charge in [0.05, 0.1) is 16.8 Å². The third kappa shape index (κ3) is 2.93. The van der Waals surface area contributed by atoms with E-state index in [1.165, 1.54) is 6.20 Å². The molecule has 4 rings (SSSR count). The van der Waals surface area contributed by atoms with Crippen LogP contribution in [0.25, 0.3) is 33.3 Å². The maximum absolute atomic E-state index is 13.9. The summed E-state index contributed by atoms with van der Waals surface area (Å²) in [7, 11) is 0. The van der Waals surface area contributed by atoms with Crippen LogP contribution < -0.4 is 0 Å². The molecule has 27 heavy (non-hydrogen) atoms. The Morgan fingerprint density at radius 2 is 1.67 bits per heavy atom. The van der Waals surface area contributed by atoms with Gasteiger partial charge in [-0.2, -0.15) is 4.39 Å². The minimum absolute atomic E-state index is 0.248. The first-order valence-electron chi connectivity index (χ1n) is 8.40. The Balaban J connectivity index is 1.87. The predicted octanol–water partition coefficient (Wildman–Crippen LogP) is 5.11. The van der Waals surface area contributed by atoms with Gasteiger partial charge in [0, 0.05) is 22.7 Å². The standard InChI is InChI=1S/C22H15FN2O2/c1-13-19(22(26)27)17-5-2-3-7-18(17)25-20(13)15-10-8-14(9-11-15)16-6-4-12-24-21(16)23/h2-12H,1H3,(H,26,27). The molecule has 5 heteroatoms. The number of carboxylic acids is 1. The number of benzene rings is 2. The molecule has 0 unspecified atom stereocenters. The van der Waals surface area contributed by atoms with Crippen molar-refractivity contribution in [2.45, 2.75) is 6.92 Å². The molecule has 2 aromatic heterocycles. The summed E-state index contributed by atoms with van der Waals surface area (Å²) < 4.78 is 13.9. The van der Waals surface area contributed by atoms with Crippen LogP contribution in [0.3, 0.4) is 0 Å². The zero-order chi connectivity index (χ0) is 19.0. The molecule has 0 aliphatic heterocycles. The van der Waals surface area contributed by atoms with Crippen LogP contribution in [0.2, 0.25) is 0 Å². The van der Waals surface area contributed by atoms with Crippen molar-refractivity contribution in [1.82, 2.24) is 9.97 Å². The zero-order valence-electron chi connectivity index (χ0n) is 14.5. The van der Waals surface area contributed by atoms with Crippen molar-refractivity contribution in [2.24, 2.45) is 0 Å². The van der Waals surface area contributed by atoms with Gasteiger partial charge in [-0.3, -0.25) is 0 Å². The fourth-order valence-corrected chi connectivity index (χ4v) is 3.27. The molecule has 2 aromatic carbocycles. The second kappa shape index (κ2) is 6.61. The van der Waals surface area contributed by atoms with E-state index in [1.807, 2.05) is 18.2 Å². The lowest BCUT2D eigenvalue weighted by molar-refractivity contribution is 0.0698. The van der Waals surface area contributed by atoms with E-state index in [9.17, 15) is 14.3 Å². The lowest BCUT2D eigenvalue weighted by Gasteiger charge is -2.12. The number of pyridine rings is 2. The topological polar surface area (TPSA) is 63.1 Å². The molecular formula is C22H15FN2O2. The third-order valence-electron chi connectivity index (χ3n) is 4.58. The number of carboxylic acid groups (broad SMARTS) is 1. The SMILES string of the molecule is Cc1c(-c2ccc(-c3cccnc3F)cc2)nc2ccccc2c1C(=O)O. The molecule has 4 aromatic rings. The van der Waals surface area contributed by atoms with Gasteiger partial charge in [0.15, 0.2) is 0 Å². The molecule has 0 aliphatic carbocycles. The number of halogens is 1. The van der Waals surface area contributed by atoms with Gasteiger partial charge in [-0.15, -0.1) is 0 Å². The van der Waals surface area contributed by atoms with Gasteiger partial charge in [0.25, 0.3) is 0 Å². The van der Waals surface area contributed by atoms with Crippen LogP contribution in [-0.4, -0.2) is 21.0 Å². The average molecular weight is 358 g/mol. The molecule has 1 N–H and O–H groups in total. The van der Waals surface area contributed by atoms with Crippen LogP contribution in [-0.2, 0) is 0 Å². The van der Waals surface area contributed by atoms with Crippen molar-refractivity contribution in [3.05, 3.63) is 83.9 Å². The van der Waals surface area contributed by atoms with Crippen LogP contribution >= 0.6 is 0 Å². The molecule has 0 radical (unpaired) electrons.